The van der Waals surface area contributed by atoms with Crippen molar-refractivity contribution in [1.82, 2.24) is 0 Å². The van der Waals surface area contributed by atoms with Crippen molar-refractivity contribution in [2.45, 2.75) is 6.92 Å². The minimum Gasteiger partial charge on any atom is -0.460 e. The molecule has 6 heteroatoms. The summed E-state index contributed by atoms with van der Waals surface area (Å²) in [6, 6.07) is 16.5. The van der Waals surface area contributed by atoms with E-state index in [0.29, 0.717) is 30.0 Å². The molecule has 2 aromatic rings. The summed E-state index contributed by atoms with van der Waals surface area (Å²) in [5.41, 5.74) is 3.37. The van der Waals surface area contributed by atoms with Crippen LogP contribution in [0.3, 0.4) is 0 Å². The summed E-state index contributed by atoms with van der Waals surface area (Å²) in [5, 5.41) is 17.1. The number of anilines is 1. The van der Waals surface area contributed by atoms with E-state index >= 15 is 0 Å². The summed E-state index contributed by atoms with van der Waals surface area (Å²) in [4.78, 5) is 13.3. The lowest BCUT2D eigenvalue weighted by atomic mass is 10.2. The number of nitrogens with zero attached hydrogens (tertiary/aromatic N) is 4. The second kappa shape index (κ2) is 9.14. The number of azo groups is 1. The summed E-state index contributed by atoms with van der Waals surface area (Å²) in [5.74, 6) is -0.378. The number of carbonyl (C=O) groups excluding carboxylic acids is 1. The third kappa shape index (κ3) is 5.56. The Balaban J connectivity index is 1.90. The molecule has 0 saturated heterocycles. The zero-order valence-electron chi connectivity index (χ0n) is 14.8. The van der Waals surface area contributed by atoms with Crippen molar-refractivity contribution in [2.75, 3.05) is 25.1 Å². The number of hydrogen-bond donors (Lipinski definition) is 0. The maximum Gasteiger partial charge on any atom is 0.333 e. The van der Waals surface area contributed by atoms with Crippen molar-refractivity contribution < 1.29 is 9.53 Å². The first-order valence-electron chi connectivity index (χ1n) is 8.05. The van der Waals surface area contributed by atoms with Crippen LogP contribution in [0.15, 0.2) is 70.9 Å². The Labute approximate surface area is 153 Å². The van der Waals surface area contributed by atoms with Crippen molar-refractivity contribution in [3.8, 4) is 6.07 Å². The Bertz CT molecular complexity index is 834. The lowest BCUT2D eigenvalue weighted by Gasteiger charge is -2.19. The lowest BCUT2D eigenvalue weighted by Crippen LogP contribution is -2.23. The number of esters is 1. The highest BCUT2D eigenvalue weighted by molar-refractivity contribution is 5.86. The Hall–Kier alpha value is -3.46. The zero-order valence-corrected chi connectivity index (χ0v) is 14.8. The summed E-state index contributed by atoms with van der Waals surface area (Å²) in [6.45, 7) is 6.04. The van der Waals surface area contributed by atoms with E-state index in [9.17, 15) is 4.79 Å². The second-order valence-corrected chi connectivity index (χ2v) is 5.71. The highest BCUT2D eigenvalue weighted by Gasteiger charge is 2.05. The number of rotatable bonds is 7. The maximum atomic E-state index is 11.4. The van der Waals surface area contributed by atoms with Gasteiger partial charge in [-0.15, -0.1) is 0 Å². The predicted molar refractivity (Wildman–Crippen MR) is 101 cm³/mol. The normalized spacial score (nSPS) is 10.3. The molecule has 0 aromatic heterocycles. The van der Waals surface area contributed by atoms with E-state index in [0.717, 1.165) is 11.4 Å². The number of nitriles is 1. The SMILES string of the molecule is C=C(C)C(=O)OCCN(C)c1ccc(/N=N/c2ccc(C#N)cc2)cc1. The molecule has 0 heterocycles. The van der Waals surface area contributed by atoms with E-state index in [-0.39, 0.29) is 5.97 Å². The average Bonchev–Trinajstić information content (AvgIpc) is 2.66. The van der Waals surface area contributed by atoms with Crippen LogP contribution in [-0.4, -0.2) is 26.2 Å². The molecule has 0 fully saturated rings. The van der Waals surface area contributed by atoms with Crippen molar-refractivity contribution >= 4 is 23.0 Å². The van der Waals surface area contributed by atoms with Crippen molar-refractivity contribution in [3.05, 3.63) is 66.2 Å². The van der Waals surface area contributed by atoms with Crippen LogP contribution in [-0.2, 0) is 9.53 Å². The smallest absolute Gasteiger partial charge is 0.333 e. The maximum absolute atomic E-state index is 11.4. The molecule has 0 atom stereocenters. The molecule has 0 N–H and O–H groups in total. The lowest BCUT2D eigenvalue weighted by molar-refractivity contribution is -0.138. The van der Waals surface area contributed by atoms with E-state index in [1.54, 1.807) is 31.2 Å². The highest BCUT2D eigenvalue weighted by Crippen LogP contribution is 2.22. The molecule has 2 aromatic carbocycles. The molecule has 0 aliphatic carbocycles. The van der Waals surface area contributed by atoms with Crippen LogP contribution in [0.4, 0.5) is 17.1 Å². The van der Waals surface area contributed by atoms with Gasteiger partial charge in [0.05, 0.1) is 29.6 Å². The fourth-order valence-electron chi connectivity index (χ4n) is 2.02. The summed E-state index contributed by atoms with van der Waals surface area (Å²) in [7, 11) is 1.92. The molecule has 0 amide bonds. The van der Waals surface area contributed by atoms with Gasteiger partial charge in [0.15, 0.2) is 0 Å². The zero-order chi connectivity index (χ0) is 18.9. The van der Waals surface area contributed by atoms with Gasteiger partial charge in [-0.1, -0.05) is 6.58 Å². The molecule has 0 spiro atoms. The number of hydrogen-bond acceptors (Lipinski definition) is 6. The van der Waals surface area contributed by atoms with Gasteiger partial charge in [0.25, 0.3) is 0 Å². The van der Waals surface area contributed by atoms with Gasteiger partial charge in [-0.2, -0.15) is 15.5 Å². The Kier molecular flexibility index (Phi) is 6.63. The minimum absolute atomic E-state index is 0.294. The Morgan fingerprint density at radius 2 is 1.65 bits per heavy atom. The monoisotopic (exact) mass is 348 g/mol. The molecule has 132 valence electrons. The molecule has 0 aliphatic rings. The number of ether oxygens (including phenoxy) is 1. The third-order valence-corrected chi connectivity index (χ3v) is 3.58. The minimum atomic E-state index is -0.378. The van der Waals surface area contributed by atoms with Gasteiger partial charge in [0, 0.05) is 18.3 Å². The standard InChI is InChI=1S/C20H20N4O2/c1-15(2)20(25)26-13-12-24(3)19-10-8-18(9-11-19)23-22-17-6-4-16(14-21)5-7-17/h4-11H,1,12-13H2,2-3H3/b23-22+. The van der Waals surface area contributed by atoms with Gasteiger partial charge in [0.1, 0.15) is 6.61 Å². The quantitative estimate of drug-likeness (QED) is 0.418. The first kappa shape index (κ1) is 18.9. The summed E-state index contributed by atoms with van der Waals surface area (Å²) >= 11 is 0. The first-order chi connectivity index (χ1) is 12.5. The third-order valence-electron chi connectivity index (χ3n) is 3.58. The van der Waals surface area contributed by atoms with Crippen LogP contribution >= 0.6 is 0 Å². The summed E-state index contributed by atoms with van der Waals surface area (Å²) in [6.07, 6.45) is 0. The van der Waals surface area contributed by atoms with Gasteiger partial charge >= 0.3 is 5.97 Å². The molecule has 2 rings (SSSR count). The van der Waals surface area contributed by atoms with Gasteiger partial charge in [-0.05, 0) is 55.5 Å². The van der Waals surface area contributed by atoms with Gasteiger partial charge in [-0.25, -0.2) is 4.79 Å². The molecule has 0 bridgehead atoms. The molecule has 0 aliphatic heterocycles. The second-order valence-electron chi connectivity index (χ2n) is 5.71. The van der Waals surface area contributed by atoms with Crippen molar-refractivity contribution in [1.29, 1.82) is 5.26 Å². The van der Waals surface area contributed by atoms with Crippen LogP contribution < -0.4 is 4.90 Å². The number of likely N-dealkylation sites (N-methyl/N-ethyl adjacent to an activating group) is 1. The fourth-order valence-corrected chi connectivity index (χ4v) is 2.02. The largest absolute Gasteiger partial charge is 0.460 e. The molecule has 0 unspecified atom stereocenters. The first-order valence-corrected chi connectivity index (χ1v) is 8.05. The summed E-state index contributed by atoms with van der Waals surface area (Å²) < 4.78 is 5.09. The van der Waals surface area contributed by atoms with Gasteiger partial charge in [-0.3, -0.25) is 0 Å². The van der Waals surface area contributed by atoms with E-state index in [4.69, 9.17) is 10.00 Å². The topological polar surface area (TPSA) is 78.0 Å². The van der Waals surface area contributed by atoms with Gasteiger partial charge in [0.2, 0.25) is 0 Å². The molecule has 0 saturated carbocycles. The molecule has 26 heavy (non-hydrogen) atoms. The van der Waals surface area contributed by atoms with Gasteiger partial charge < -0.3 is 9.64 Å². The fraction of sp³-hybridized carbons (Fsp3) is 0.200. The predicted octanol–water partition coefficient (Wildman–Crippen LogP) is 4.53. The Morgan fingerprint density at radius 3 is 2.15 bits per heavy atom. The molecule has 6 nitrogen and oxygen atoms in total. The number of benzene rings is 2. The molecular weight excluding hydrogens is 328 g/mol. The van der Waals surface area contributed by atoms with Crippen LogP contribution in [0.1, 0.15) is 12.5 Å². The van der Waals surface area contributed by atoms with E-state index < -0.39 is 0 Å². The van der Waals surface area contributed by atoms with E-state index in [1.165, 1.54) is 0 Å². The van der Waals surface area contributed by atoms with Crippen LogP contribution in [0.2, 0.25) is 0 Å². The highest BCUT2D eigenvalue weighted by atomic mass is 16.5. The average molecular weight is 348 g/mol. The Morgan fingerprint density at radius 1 is 1.12 bits per heavy atom. The molecule has 0 radical (unpaired) electrons. The van der Waals surface area contributed by atoms with Crippen LogP contribution in [0, 0.1) is 11.3 Å². The number of carbonyl (C=O) groups is 1. The van der Waals surface area contributed by atoms with Crippen molar-refractivity contribution in [2.24, 2.45) is 10.2 Å². The van der Waals surface area contributed by atoms with E-state index in [2.05, 4.69) is 22.9 Å². The van der Waals surface area contributed by atoms with Crippen molar-refractivity contribution in [3.63, 3.8) is 0 Å². The van der Waals surface area contributed by atoms with Crippen LogP contribution in [0.25, 0.3) is 0 Å². The van der Waals surface area contributed by atoms with Crippen LogP contribution in [0.5, 0.6) is 0 Å². The molecular formula is C20H20N4O2. The van der Waals surface area contributed by atoms with E-state index in [1.807, 2.05) is 36.2 Å².